The Morgan fingerprint density at radius 1 is 0.968 bits per heavy atom. The van der Waals surface area contributed by atoms with Crippen molar-refractivity contribution in [2.75, 3.05) is 27.2 Å². The molecule has 3 rings (SSSR count). The minimum absolute atomic E-state index is 0.00499. The molecule has 0 aliphatic carbocycles. The molecule has 0 unspecified atom stereocenters. The third-order valence-corrected chi connectivity index (χ3v) is 5.67. The van der Waals surface area contributed by atoms with Crippen molar-refractivity contribution >= 4 is 5.97 Å². The zero-order valence-corrected chi connectivity index (χ0v) is 17.6. The predicted molar refractivity (Wildman–Crippen MR) is 109 cm³/mol. The quantitative estimate of drug-likeness (QED) is 0.479. The molecule has 0 spiro atoms. The molecule has 3 N–H and O–H groups in total. The molecular weight excluding hydrogens is 402 g/mol. The summed E-state index contributed by atoms with van der Waals surface area (Å²) in [6, 6.07) is 19.5. The first-order chi connectivity index (χ1) is 14.7. The normalized spacial score (nSPS) is 26.7. The summed E-state index contributed by atoms with van der Waals surface area (Å²) in [6.45, 7) is 0.614. The molecule has 8 nitrogen and oxygen atoms in total. The van der Waals surface area contributed by atoms with Gasteiger partial charge in [-0.3, -0.25) is 4.48 Å². The molecule has 5 atom stereocenters. The fourth-order valence-corrected chi connectivity index (χ4v) is 3.81. The van der Waals surface area contributed by atoms with Crippen LogP contribution in [0.25, 0.3) is 0 Å². The van der Waals surface area contributed by atoms with E-state index in [9.17, 15) is 25.2 Å². The number of aliphatic hydroxyl groups excluding tert-OH is 3. The van der Waals surface area contributed by atoms with Gasteiger partial charge in [-0.25, -0.2) is 0 Å². The van der Waals surface area contributed by atoms with Crippen molar-refractivity contribution in [1.29, 1.82) is 0 Å². The van der Waals surface area contributed by atoms with E-state index in [1.54, 1.807) is 14.1 Å². The summed E-state index contributed by atoms with van der Waals surface area (Å²) in [7, 11) is 3.46. The Kier molecular flexibility index (Phi) is 7.42. The number of carbonyl (C=O) groups is 1. The van der Waals surface area contributed by atoms with Crippen molar-refractivity contribution in [2.45, 2.75) is 36.7 Å². The second-order valence-electron chi connectivity index (χ2n) is 8.31. The van der Waals surface area contributed by atoms with E-state index < -0.39 is 36.6 Å². The molecule has 8 heteroatoms. The van der Waals surface area contributed by atoms with Crippen molar-refractivity contribution in [3.8, 4) is 0 Å². The predicted octanol–water partition coefficient (Wildman–Crippen LogP) is -0.573. The number of nitrogens with zero attached hydrogens (tertiary/aromatic N) is 1. The van der Waals surface area contributed by atoms with Gasteiger partial charge >= 0.3 is 0 Å². The summed E-state index contributed by atoms with van der Waals surface area (Å²) < 4.78 is 11.6. The first-order valence-corrected chi connectivity index (χ1v) is 10.2. The maximum atomic E-state index is 11.3. The van der Waals surface area contributed by atoms with Crippen LogP contribution in [0.1, 0.15) is 17.2 Å². The second-order valence-corrected chi connectivity index (χ2v) is 8.31. The highest BCUT2D eigenvalue weighted by atomic mass is 16.6. The number of ether oxygens (including phenoxy) is 2. The zero-order valence-electron chi connectivity index (χ0n) is 17.6. The van der Waals surface area contributed by atoms with E-state index in [2.05, 4.69) is 0 Å². The SMILES string of the molecule is C[N+](C)(CCOC(c1ccccc1)c1ccccc1)[C@@H]1O[C@H](C(=O)[O-])[C@@H](O)[C@H](O)[C@H]1O. The van der Waals surface area contributed by atoms with Crippen LogP contribution in [0.4, 0.5) is 0 Å². The Labute approximate surface area is 181 Å². The molecule has 2 aromatic carbocycles. The lowest BCUT2D eigenvalue weighted by molar-refractivity contribution is -0.945. The number of rotatable bonds is 8. The Bertz CT molecular complexity index is 806. The van der Waals surface area contributed by atoms with Crippen molar-refractivity contribution in [3.63, 3.8) is 0 Å². The lowest BCUT2D eigenvalue weighted by atomic mass is 9.97. The topological polar surface area (TPSA) is 119 Å². The first kappa shape index (κ1) is 23.3. The average molecular weight is 431 g/mol. The van der Waals surface area contributed by atoms with Crippen molar-refractivity contribution in [3.05, 3.63) is 71.8 Å². The first-order valence-electron chi connectivity index (χ1n) is 10.2. The molecule has 0 radical (unpaired) electrons. The maximum Gasteiger partial charge on any atom is 0.222 e. The van der Waals surface area contributed by atoms with Gasteiger partial charge in [0.2, 0.25) is 6.23 Å². The third-order valence-electron chi connectivity index (χ3n) is 5.67. The Morgan fingerprint density at radius 3 is 1.97 bits per heavy atom. The Balaban J connectivity index is 1.71. The molecule has 1 aliphatic rings. The van der Waals surface area contributed by atoms with Crippen LogP contribution in [0.3, 0.4) is 0 Å². The molecule has 0 saturated carbocycles. The molecule has 0 amide bonds. The smallest absolute Gasteiger partial charge is 0.222 e. The number of quaternary nitrogens is 1. The van der Waals surface area contributed by atoms with E-state index in [1.165, 1.54) is 0 Å². The number of carboxylic acid groups (broad SMARTS) is 1. The summed E-state index contributed by atoms with van der Waals surface area (Å²) in [5, 5.41) is 41.7. The van der Waals surface area contributed by atoms with Gasteiger partial charge in [-0.2, -0.15) is 0 Å². The average Bonchev–Trinajstić information content (AvgIpc) is 2.76. The number of hydrogen-bond acceptors (Lipinski definition) is 7. The highest BCUT2D eigenvalue weighted by Gasteiger charge is 2.50. The van der Waals surface area contributed by atoms with Crippen molar-refractivity contribution < 1.29 is 39.2 Å². The highest BCUT2D eigenvalue weighted by molar-refractivity contribution is 5.71. The van der Waals surface area contributed by atoms with Crippen molar-refractivity contribution in [2.24, 2.45) is 0 Å². The molecule has 0 bridgehead atoms. The van der Waals surface area contributed by atoms with Gasteiger partial charge in [-0.1, -0.05) is 60.7 Å². The second kappa shape index (κ2) is 9.86. The largest absolute Gasteiger partial charge is 0.547 e. The van der Waals surface area contributed by atoms with Crippen LogP contribution in [-0.4, -0.2) is 83.7 Å². The van der Waals surface area contributed by atoms with Gasteiger partial charge < -0.3 is 34.7 Å². The molecule has 2 aromatic rings. The standard InChI is InChI=1S/C23H29NO7/c1-24(2,22-19(27)17(25)18(26)21(31-22)23(28)29)13-14-30-20(15-9-5-3-6-10-15)16-11-7-4-8-12-16/h3-12,17-22,25-27H,13-14H2,1-2H3/t17-,18-,19+,21-,22+/m0/s1. The van der Waals surface area contributed by atoms with Gasteiger partial charge in [-0.05, 0) is 11.1 Å². The van der Waals surface area contributed by atoms with E-state index >= 15 is 0 Å². The van der Waals surface area contributed by atoms with E-state index in [1.807, 2.05) is 60.7 Å². The number of aliphatic carboxylic acids is 1. The van der Waals surface area contributed by atoms with Gasteiger partial charge in [0.15, 0.2) is 6.10 Å². The number of hydrogen-bond donors (Lipinski definition) is 3. The Hall–Kier alpha value is -2.33. The van der Waals surface area contributed by atoms with Crippen LogP contribution in [0.5, 0.6) is 0 Å². The van der Waals surface area contributed by atoms with Gasteiger partial charge in [0.05, 0.1) is 26.7 Å². The molecule has 1 aliphatic heterocycles. The molecule has 0 aromatic heterocycles. The van der Waals surface area contributed by atoms with Gasteiger partial charge in [0, 0.05) is 0 Å². The molecular formula is C23H29NO7. The maximum absolute atomic E-state index is 11.3. The lowest BCUT2D eigenvalue weighted by Gasteiger charge is -2.47. The molecule has 1 saturated heterocycles. The third kappa shape index (κ3) is 5.30. The van der Waals surface area contributed by atoms with Crippen LogP contribution >= 0.6 is 0 Å². The fraction of sp³-hybridized carbons (Fsp3) is 0.435. The number of benzene rings is 2. The minimum Gasteiger partial charge on any atom is -0.547 e. The fourth-order valence-electron chi connectivity index (χ4n) is 3.81. The summed E-state index contributed by atoms with van der Waals surface area (Å²) in [6.07, 6.45) is -8.03. The molecule has 31 heavy (non-hydrogen) atoms. The van der Waals surface area contributed by atoms with Crippen LogP contribution < -0.4 is 5.11 Å². The molecule has 1 fully saturated rings. The number of aliphatic hydroxyl groups is 3. The molecule has 1 heterocycles. The number of carbonyl (C=O) groups excluding carboxylic acids is 1. The number of carboxylic acids is 1. The summed E-state index contributed by atoms with van der Waals surface area (Å²) in [5.74, 6) is -1.65. The minimum atomic E-state index is -1.77. The monoisotopic (exact) mass is 431 g/mol. The van der Waals surface area contributed by atoms with E-state index in [4.69, 9.17) is 9.47 Å². The zero-order chi connectivity index (χ0) is 22.6. The lowest BCUT2D eigenvalue weighted by Crippen LogP contribution is -2.69. The van der Waals surface area contributed by atoms with E-state index in [-0.39, 0.29) is 17.2 Å². The molecule has 168 valence electrons. The highest BCUT2D eigenvalue weighted by Crippen LogP contribution is 2.28. The summed E-state index contributed by atoms with van der Waals surface area (Å²) in [5.41, 5.74) is 1.98. The van der Waals surface area contributed by atoms with Gasteiger partial charge in [0.1, 0.15) is 31.0 Å². The van der Waals surface area contributed by atoms with Crippen molar-refractivity contribution in [1.82, 2.24) is 0 Å². The number of likely N-dealkylation sites (N-methyl/N-ethyl adjacent to an activating group) is 1. The summed E-state index contributed by atoms with van der Waals surface area (Å²) >= 11 is 0. The van der Waals surface area contributed by atoms with Crippen LogP contribution in [0.15, 0.2) is 60.7 Å². The van der Waals surface area contributed by atoms with Crippen LogP contribution in [-0.2, 0) is 14.3 Å². The summed E-state index contributed by atoms with van der Waals surface area (Å²) in [4.78, 5) is 11.3. The van der Waals surface area contributed by atoms with E-state index in [0.29, 0.717) is 6.54 Å². The van der Waals surface area contributed by atoms with E-state index in [0.717, 1.165) is 11.1 Å². The Morgan fingerprint density at radius 2 is 1.48 bits per heavy atom. The van der Waals surface area contributed by atoms with Crippen LogP contribution in [0.2, 0.25) is 0 Å². The van der Waals surface area contributed by atoms with Crippen LogP contribution in [0, 0.1) is 0 Å². The van der Waals surface area contributed by atoms with Gasteiger partial charge in [-0.15, -0.1) is 0 Å². The van der Waals surface area contributed by atoms with Gasteiger partial charge in [0.25, 0.3) is 0 Å².